The van der Waals surface area contributed by atoms with Gasteiger partial charge in [0.15, 0.2) is 5.16 Å². The van der Waals surface area contributed by atoms with E-state index in [1.807, 2.05) is 97.2 Å². The summed E-state index contributed by atoms with van der Waals surface area (Å²) in [6.45, 7) is 1.95. The quantitative estimate of drug-likeness (QED) is 0.232. The second-order valence-corrected chi connectivity index (χ2v) is 9.52. The Morgan fingerprint density at radius 2 is 1.65 bits per heavy atom. The van der Waals surface area contributed by atoms with Crippen molar-refractivity contribution in [1.82, 2.24) is 9.55 Å². The van der Waals surface area contributed by atoms with Crippen molar-refractivity contribution in [2.24, 2.45) is 0 Å². The molecule has 0 spiro atoms. The largest absolute Gasteiger partial charge is 0.325 e. The molecule has 7 heteroatoms. The van der Waals surface area contributed by atoms with Crippen LogP contribution >= 0.6 is 23.1 Å². The maximum Gasteiger partial charge on any atom is 0.268 e. The van der Waals surface area contributed by atoms with Gasteiger partial charge in [0.05, 0.1) is 16.8 Å². The fourth-order valence-electron chi connectivity index (χ4n) is 3.73. The number of thioether (sulfide) groups is 1. The first-order valence-corrected chi connectivity index (χ1v) is 12.6. The van der Waals surface area contributed by atoms with Crippen LogP contribution in [-0.4, -0.2) is 21.2 Å². The normalized spacial score (nSPS) is 11.0. The smallest absolute Gasteiger partial charge is 0.268 e. The molecule has 0 saturated heterocycles. The molecule has 3 aromatic carbocycles. The molecule has 0 atom stereocenters. The van der Waals surface area contributed by atoms with Gasteiger partial charge >= 0.3 is 0 Å². The van der Waals surface area contributed by atoms with Crippen molar-refractivity contribution in [2.45, 2.75) is 12.1 Å². The van der Waals surface area contributed by atoms with E-state index < -0.39 is 0 Å². The minimum absolute atomic E-state index is 0.135. The molecule has 5 aromatic rings. The van der Waals surface area contributed by atoms with Crippen molar-refractivity contribution >= 4 is 44.9 Å². The van der Waals surface area contributed by atoms with Gasteiger partial charge in [-0.25, -0.2) is 4.98 Å². The first-order chi connectivity index (χ1) is 16.6. The highest BCUT2D eigenvalue weighted by Gasteiger charge is 2.19. The number of amides is 1. The highest BCUT2D eigenvalue weighted by Crippen LogP contribution is 2.33. The number of para-hydroxylation sites is 2. The SMILES string of the molecule is Cc1ccccc1NC(=O)CSc1nc2scc(-c3ccccc3)c2c(=O)n1-c1ccccc1. The third-order valence-electron chi connectivity index (χ3n) is 5.43. The number of aryl methyl sites for hydroxylation is 1. The van der Waals surface area contributed by atoms with Gasteiger partial charge in [-0.1, -0.05) is 78.5 Å². The van der Waals surface area contributed by atoms with E-state index in [1.165, 1.54) is 23.1 Å². The number of nitrogens with zero attached hydrogens (tertiary/aromatic N) is 2. The molecule has 0 radical (unpaired) electrons. The van der Waals surface area contributed by atoms with Crippen LogP contribution in [0, 0.1) is 6.92 Å². The summed E-state index contributed by atoms with van der Waals surface area (Å²) in [4.78, 5) is 32.0. The molecule has 2 aromatic heterocycles. The number of anilines is 1. The van der Waals surface area contributed by atoms with Crippen molar-refractivity contribution in [3.8, 4) is 16.8 Å². The maximum atomic E-state index is 13.8. The predicted molar refractivity (Wildman–Crippen MR) is 141 cm³/mol. The average Bonchev–Trinajstić information content (AvgIpc) is 3.30. The minimum Gasteiger partial charge on any atom is -0.325 e. The van der Waals surface area contributed by atoms with E-state index in [4.69, 9.17) is 4.98 Å². The Balaban J connectivity index is 1.54. The maximum absolute atomic E-state index is 13.8. The lowest BCUT2D eigenvalue weighted by atomic mass is 10.1. The van der Waals surface area contributed by atoms with E-state index in [0.29, 0.717) is 21.1 Å². The standard InChI is InChI=1S/C27H21N3O2S2/c1-18-10-8-9-15-22(18)28-23(31)17-34-27-29-25-24(21(16-33-25)19-11-4-2-5-12-19)26(32)30(27)20-13-6-3-7-14-20/h2-16H,17H2,1H3,(H,28,31). The molecule has 1 amide bonds. The van der Waals surface area contributed by atoms with Crippen molar-refractivity contribution in [3.05, 3.63) is 106 Å². The average molecular weight is 484 g/mol. The van der Waals surface area contributed by atoms with Crippen molar-refractivity contribution in [3.63, 3.8) is 0 Å². The molecule has 2 heterocycles. The van der Waals surface area contributed by atoms with Crippen molar-refractivity contribution < 1.29 is 4.79 Å². The first-order valence-electron chi connectivity index (χ1n) is 10.7. The summed E-state index contributed by atoms with van der Waals surface area (Å²) in [5.74, 6) is -0.0137. The molecule has 0 aliphatic rings. The Morgan fingerprint density at radius 3 is 2.38 bits per heavy atom. The van der Waals surface area contributed by atoms with Gasteiger partial charge in [-0.2, -0.15) is 0 Å². The molecule has 1 N–H and O–H groups in total. The van der Waals surface area contributed by atoms with Crippen LogP contribution in [0.4, 0.5) is 5.69 Å². The van der Waals surface area contributed by atoms with E-state index in [2.05, 4.69) is 5.32 Å². The van der Waals surface area contributed by atoms with Crippen LogP contribution in [0.1, 0.15) is 5.56 Å². The van der Waals surface area contributed by atoms with Gasteiger partial charge in [-0.15, -0.1) is 11.3 Å². The molecule has 0 bridgehead atoms. The lowest BCUT2D eigenvalue weighted by Crippen LogP contribution is -2.22. The van der Waals surface area contributed by atoms with Crippen LogP contribution in [0.25, 0.3) is 27.0 Å². The summed E-state index contributed by atoms with van der Waals surface area (Å²) in [5, 5.41) is 6.00. The summed E-state index contributed by atoms with van der Waals surface area (Å²) in [6.07, 6.45) is 0. The van der Waals surface area contributed by atoms with Crippen molar-refractivity contribution in [2.75, 3.05) is 11.1 Å². The number of thiophene rings is 1. The van der Waals surface area contributed by atoms with Crippen LogP contribution in [0.5, 0.6) is 0 Å². The molecule has 5 nitrogen and oxygen atoms in total. The van der Waals surface area contributed by atoms with Crippen LogP contribution in [0.2, 0.25) is 0 Å². The Kier molecular flexibility index (Phi) is 6.29. The zero-order valence-corrected chi connectivity index (χ0v) is 20.0. The van der Waals surface area contributed by atoms with Gasteiger partial charge in [-0.05, 0) is 36.2 Å². The van der Waals surface area contributed by atoms with E-state index in [1.54, 1.807) is 4.57 Å². The number of rotatable bonds is 6. The third kappa shape index (κ3) is 4.40. The Morgan fingerprint density at radius 1 is 0.971 bits per heavy atom. The van der Waals surface area contributed by atoms with Gasteiger partial charge in [0.1, 0.15) is 4.83 Å². The fraction of sp³-hybridized carbons (Fsp3) is 0.0741. The summed E-state index contributed by atoms with van der Waals surface area (Å²) in [5.41, 5.74) is 4.20. The number of carbonyl (C=O) groups excluding carboxylic acids is 1. The Bertz CT molecular complexity index is 1530. The zero-order chi connectivity index (χ0) is 23.5. The number of carbonyl (C=O) groups is 1. The summed E-state index contributed by atoms with van der Waals surface area (Å²) in [7, 11) is 0. The molecule has 0 aliphatic carbocycles. The number of aromatic nitrogens is 2. The number of hydrogen-bond acceptors (Lipinski definition) is 5. The molecular formula is C27H21N3O2S2. The second-order valence-electron chi connectivity index (χ2n) is 7.72. The predicted octanol–water partition coefficient (Wildman–Crippen LogP) is 6.15. The number of nitrogens with one attached hydrogen (secondary N) is 1. The van der Waals surface area contributed by atoms with Crippen LogP contribution in [0.3, 0.4) is 0 Å². The zero-order valence-electron chi connectivity index (χ0n) is 18.4. The van der Waals surface area contributed by atoms with Gasteiger partial charge < -0.3 is 5.32 Å². The molecule has 0 aliphatic heterocycles. The van der Waals surface area contributed by atoms with Gasteiger partial charge in [-0.3, -0.25) is 14.2 Å². The number of hydrogen-bond donors (Lipinski definition) is 1. The Hall–Kier alpha value is -3.68. The van der Waals surface area contributed by atoms with Crippen molar-refractivity contribution in [1.29, 1.82) is 0 Å². The lowest BCUT2D eigenvalue weighted by molar-refractivity contribution is -0.113. The molecule has 168 valence electrons. The molecule has 0 fully saturated rings. The number of benzene rings is 3. The first kappa shape index (κ1) is 22.1. The molecular weight excluding hydrogens is 462 g/mol. The Labute approximate surface area is 205 Å². The summed E-state index contributed by atoms with van der Waals surface area (Å²) >= 11 is 2.70. The molecule has 34 heavy (non-hydrogen) atoms. The van der Waals surface area contributed by atoms with E-state index in [9.17, 15) is 9.59 Å². The second kappa shape index (κ2) is 9.67. The topological polar surface area (TPSA) is 64.0 Å². The van der Waals surface area contributed by atoms with E-state index in [0.717, 1.165) is 22.4 Å². The third-order valence-corrected chi connectivity index (χ3v) is 7.24. The van der Waals surface area contributed by atoms with Crippen LogP contribution in [0.15, 0.2) is 100 Å². The highest BCUT2D eigenvalue weighted by atomic mass is 32.2. The highest BCUT2D eigenvalue weighted by molar-refractivity contribution is 7.99. The minimum atomic E-state index is -0.149. The monoisotopic (exact) mass is 483 g/mol. The van der Waals surface area contributed by atoms with E-state index in [-0.39, 0.29) is 17.2 Å². The number of fused-ring (bicyclic) bond motifs is 1. The summed E-state index contributed by atoms with van der Waals surface area (Å²) < 4.78 is 1.60. The lowest BCUT2D eigenvalue weighted by Gasteiger charge is -2.13. The van der Waals surface area contributed by atoms with Gasteiger partial charge in [0.25, 0.3) is 5.56 Å². The van der Waals surface area contributed by atoms with E-state index >= 15 is 0 Å². The van der Waals surface area contributed by atoms with Gasteiger partial charge in [0, 0.05) is 16.6 Å². The van der Waals surface area contributed by atoms with Crippen LogP contribution in [-0.2, 0) is 4.79 Å². The van der Waals surface area contributed by atoms with Crippen LogP contribution < -0.4 is 10.9 Å². The summed E-state index contributed by atoms with van der Waals surface area (Å²) in [6, 6.07) is 26.9. The molecule has 5 rings (SSSR count). The molecule has 0 unspecified atom stereocenters. The van der Waals surface area contributed by atoms with Gasteiger partial charge in [0.2, 0.25) is 5.91 Å². The fourth-order valence-corrected chi connectivity index (χ4v) is 5.53. The molecule has 0 saturated carbocycles.